The summed E-state index contributed by atoms with van der Waals surface area (Å²) in [6, 6.07) is 17.7. The predicted octanol–water partition coefficient (Wildman–Crippen LogP) is 2.17. The normalized spacial score (nSPS) is 19.3. The first-order valence-corrected chi connectivity index (χ1v) is 17.3. The Morgan fingerprint density at radius 3 is 2.10 bits per heavy atom. The van der Waals surface area contributed by atoms with Gasteiger partial charge in [0.15, 0.2) is 5.60 Å². The summed E-state index contributed by atoms with van der Waals surface area (Å²) in [4.78, 5) is 74.6. The first kappa shape index (κ1) is 39.0. The van der Waals surface area contributed by atoms with Gasteiger partial charge in [-0.05, 0) is 76.1 Å². The Morgan fingerprint density at radius 1 is 0.922 bits per heavy atom. The van der Waals surface area contributed by atoms with Gasteiger partial charge in [-0.25, -0.2) is 4.79 Å². The van der Waals surface area contributed by atoms with Crippen LogP contribution in [0.15, 0.2) is 54.6 Å². The van der Waals surface area contributed by atoms with E-state index in [1.165, 1.54) is 0 Å². The number of anilines is 1. The zero-order chi connectivity index (χ0) is 37.3. The van der Waals surface area contributed by atoms with Gasteiger partial charge in [-0.1, -0.05) is 48.5 Å². The summed E-state index contributed by atoms with van der Waals surface area (Å²) in [6.07, 6.45) is 2.30. The standard InChI is InChI=1S/C31H40N4O3.C6H8O7/c1-31(2)25-12-6-7-13-27(25)35(30(31)38)24-16-19-34(20-17-24)29(37)26(15-14-22-9-4-3-5-10-22)33-28(36)23-11-8-18-32-21-23;7-3(8)1-6(13,5(11)12)2-4(9)10/h3-7,9-10,12-13,23-24,26,32H,8,11,14-21H2,1-2H3,(H,33,36);13H,1-2H2,(H,7,8)(H,9,10)(H,11,12). The first-order chi connectivity index (χ1) is 24.1. The number of nitrogens with zero attached hydrogens (tertiary/aromatic N) is 2. The van der Waals surface area contributed by atoms with Crippen molar-refractivity contribution in [3.8, 4) is 0 Å². The van der Waals surface area contributed by atoms with Gasteiger partial charge in [0.05, 0.1) is 24.2 Å². The summed E-state index contributed by atoms with van der Waals surface area (Å²) in [5, 5.41) is 40.2. The van der Waals surface area contributed by atoms with Crippen LogP contribution in [-0.2, 0) is 40.6 Å². The maximum Gasteiger partial charge on any atom is 0.336 e. The van der Waals surface area contributed by atoms with E-state index >= 15 is 0 Å². The highest BCUT2D eigenvalue weighted by Crippen LogP contribution is 2.43. The quantitative estimate of drug-likeness (QED) is 0.188. The largest absolute Gasteiger partial charge is 0.481 e. The second-order valence-electron chi connectivity index (χ2n) is 14.0. The van der Waals surface area contributed by atoms with Crippen molar-refractivity contribution in [1.29, 1.82) is 0 Å². The van der Waals surface area contributed by atoms with Gasteiger partial charge in [0, 0.05) is 31.4 Å². The SMILES string of the molecule is CC1(C)C(=O)N(C2CCN(C(=O)C(CCc3ccccc3)NC(=O)C3CCCNC3)CC2)c2ccccc21.O=C(O)CC(O)(CC(=O)O)C(=O)O. The van der Waals surface area contributed by atoms with Crippen molar-refractivity contribution in [3.63, 3.8) is 0 Å². The number of likely N-dealkylation sites (tertiary alicyclic amines) is 1. The minimum absolute atomic E-state index is 0.00928. The fourth-order valence-corrected chi connectivity index (χ4v) is 6.96. The minimum Gasteiger partial charge on any atom is -0.481 e. The molecule has 2 aromatic rings. The number of rotatable bonds is 12. The van der Waals surface area contributed by atoms with E-state index in [1.54, 1.807) is 0 Å². The number of hydrogen-bond donors (Lipinski definition) is 6. The average Bonchev–Trinajstić information content (AvgIpc) is 3.30. The fraction of sp³-hybridized carbons (Fsp3) is 0.514. The van der Waals surface area contributed by atoms with Crippen LogP contribution in [-0.4, -0.2) is 105 Å². The van der Waals surface area contributed by atoms with Crippen molar-refractivity contribution in [2.24, 2.45) is 5.92 Å². The summed E-state index contributed by atoms with van der Waals surface area (Å²) in [5.74, 6) is -5.01. The fourth-order valence-electron chi connectivity index (χ4n) is 6.96. The van der Waals surface area contributed by atoms with Gasteiger partial charge in [0.25, 0.3) is 0 Å². The molecule has 0 radical (unpaired) electrons. The van der Waals surface area contributed by atoms with Crippen molar-refractivity contribution in [3.05, 3.63) is 65.7 Å². The van der Waals surface area contributed by atoms with Crippen LogP contribution in [0.2, 0.25) is 0 Å². The molecule has 14 nitrogen and oxygen atoms in total. The molecule has 3 amide bonds. The number of benzene rings is 2. The van der Waals surface area contributed by atoms with Crippen molar-refractivity contribution >= 4 is 41.3 Å². The van der Waals surface area contributed by atoms with E-state index in [0.717, 1.165) is 55.5 Å². The Balaban J connectivity index is 0.000000383. The van der Waals surface area contributed by atoms with E-state index in [2.05, 4.69) is 22.8 Å². The zero-order valence-electron chi connectivity index (χ0n) is 29.0. The summed E-state index contributed by atoms with van der Waals surface area (Å²) < 4.78 is 0. The highest BCUT2D eigenvalue weighted by Gasteiger charge is 2.47. The lowest BCUT2D eigenvalue weighted by molar-refractivity contribution is -0.170. The first-order valence-electron chi connectivity index (χ1n) is 17.3. The number of nitrogens with one attached hydrogen (secondary N) is 2. The zero-order valence-corrected chi connectivity index (χ0v) is 29.0. The summed E-state index contributed by atoms with van der Waals surface area (Å²) >= 11 is 0. The smallest absolute Gasteiger partial charge is 0.336 e. The molecule has 2 fully saturated rings. The summed E-state index contributed by atoms with van der Waals surface area (Å²) in [6.45, 7) is 6.76. The Labute approximate surface area is 296 Å². The minimum atomic E-state index is -2.74. The molecule has 0 saturated carbocycles. The molecule has 2 aromatic carbocycles. The van der Waals surface area contributed by atoms with Crippen molar-refractivity contribution in [2.45, 2.75) is 88.3 Å². The van der Waals surface area contributed by atoms with Crippen LogP contribution < -0.4 is 15.5 Å². The number of aliphatic carboxylic acids is 3. The third-order valence-electron chi connectivity index (χ3n) is 9.86. The van der Waals surface area contributed by atoms with Crippen LogP contribution >= 0.6 is 0 Å². The molecule has 2 saturated heterocycles. The molecule has 51 heavy (non-hydrogen) atoms. The molecule has 6 N–H and O–H groups in total. The van der Waals surface area contributed by atoms with E-state index in [9.17, 15) is 28.8 Å². The molecular weight excluding hydrogens is 660 g/mol. The molecule has 0 spiro atoms. The topological polar surface area (TPSA) is 214 Å². The molecule has 0 aromatic heterocycles. The number of carboxylic acid groups (broad SMARTS) is 3. The number of carboxylic acids is 3. The van der Waals surface area contributed by atoms with Crippen molar-refractivity contribution in [1.82, 2.24) is 15.5 Å². The molecular formula is C37H48N4O10. The third kappa shape index (κ3) is 9.70. The highest BCUT2D eigenvalue weighted by atomic mass is 16.4. The van der Waals surface area contributed by atoms with Crippen LogP contribution in [0.4, 0.5) is 5.69 Å². The Morgan fingerprint density at radius 2 is 1.53 bits per heavy atom. The van der Waals surface area contributed by atoms with E-state index in [1.807, 2.05) is 66.1 Å². The number of fused-ring (bicyclic) bond motifs is 1. The molecule has 276 valence electrons. The number of para-hydroxylation sites is 1. The van der Waals surface area contributed by atoms with Crippen molar-refractivity contribution in [2.75, 3.05) is 31.1 Å². The summed E-state index contributed by atoms with van der Waals surface area (Å²) in [7, 11) is 0. The van der Waals surface area contributed by atoms with E-state index < -0.39 is 47.8 Å². The number of aryl methyl sites for hydroxylation is 1. The van der Waals surface area contributed by atoms with Gasteiger partial charge in [-0.2, -0.15) is 0 Å². The molecule has 0 aliphatic carbocycles. The number of aliphatic hydroxyl groups is 1. The van der Waals surface area contributed by atoms with E-state index in [0.29, 0.717) is 26.1 Å². The number of carbonyl (C=O) groups is 6. The number of amides is 3. The van der Waals surface area contributed by atoms with Crippen LogP contribution in [0.25, 0.3) is 0 Å². The van der Waals surface area contributed by atoms with Gasteiger partial charge in [0.2, 0.25) is 17.7 Å². The van der Waals surface area contributed by atoms with Crippen molar-refractivity contribution < 1.29 is 49.2 Å². The van der Waals surface area contributed by atoms with E-state index in [4.69, 9.17) is 20.4 Å². The lowest BCUT2D eigenvalue weighted by Crippen LogP contribution is -2.55. The number of hydrogen-bond acceptors (Lipinski definition) is 8. The molecule has 2 atom stereocenters. The molecule has 14 heteroatoms. The van der Waals surface area contributed by atoms with Gasteiger partial charge in [0.1, 0.15) is 6.04 Å². The monoisotopic (exact) mass is 708 g/mol. The van der Waals surface area contributed by atoms with Gasteiger partial charge in [-0.3, -0.25) is 24.0 Å². The Kier molecular flexibility index (Phi) is 12.9. The second-order valence-corrected chi connectivity index (χ2v) is 14.0. The van der Waals surface area contributed by atoms with E-state index in [-0.39, 0.29) is 29.7 Å². The van der Waals surface area contributed by atoms with Crippen LogP contribution in [0.3, 0.4) is 0 Å². The molecule has 3 aliphatic rings. The molecule has 5 rings (SSSR count). The number of piperidine rings is 2. The highest BCUT2D eigenvalue weighted by molar-refractivity contribution is 6.08. The predicted molar refractivity (Wildman–Crippen MR) is 186 cm³/mol. The maximum atomic E-state index is 13.7. The molecule has 2 unspecified atom stereocenters. The van der Waals surface area contributed by atoms with Gasteiger partial charge < -0.3 is 40.9 Å². The van der Waals surface area contributed by atoms with Crippen LogP contribution in [0.5, 0.6) is 0 Å². The average molecular weight is 709 g/mol. The van der Waals surface area contributed by atoms with Gasteiger partial charge >= 0.3 is 17.9 Å². The molecule has 3 aliphatic heterocycles. The molecule has 0 bridgehead atoms. The molecule has 3 heterocycles. The third-order valence-corrected chi connectivity index (χ3v) is 9.86. The Hall–Kier alpha value is -4.82. The van der Waals surface area contributed by atoms with Crippen LogP contribution in [0, 0.1) is 5.92 Å². The summed E-state index contributed by atoms with van der Waals surface area (Å²) in [5.41, 5.74) is -0.0423. The Bertz CT molecular complexity index is 1570. The number of carbonyl (C=O) groups excluding carboxylic acids is 3. The second kappa shape index (κ2) is 16.9. The van der Waals surface area contributed by atoms with Crippen LogP contribution in [0.1, 0.15) is 69.9 Å². The maximum absolute atomic E-state index is 13.7. The lowest BCUT2D eigenvalue weighted by atomic mass is 9.86. The van der Waals surface area contributed by atoms with Gasteiger partial charge in [-0.15, -0.1) is 0 Å². The lowest BCUT2D eigenvalue weighted by Gasteiger charge is -2.39.